The summed E-state index contributed by atoms with van der Waals surface area (Å²) in [7, 11) is 0. The van der Waals surface area contributed by atoms with E-state index in [1.165, 1.54) is 180 Å². The molecule has 696 valence electrons. The minimum atomic E-state index is -0.354. The Morgan fingerprint density at radius 1 is 0.237 bits per heavy atom. The average Bonchev–Trinajstić information content (AvgIpc) is 1.59. The molecule has 0 aromatic rings. The van der Waals surface area contributed by atoms with Crippen molar-refractivity contribution in [2.45, 2.75) is 597 Å². The number of ether oxygens (including phenoxy) is 6. The molecule has 0 N–H and O–H groups in total. The van der Waals surface area contributed by atoms with Gasteiger partial charge in [-0.15, -0.1) is 0 Å². The number of hydrogen-bond donors (Lipinski definition) is 0. The van der Waals surface area contributed by atoms with E-state index in [1.807, 2.05) is 104 Å². The van der Waals surface area contributed by atoms with Crippen LogP contribution in [0.3, 0.4) is 0 Å². The van der Waals surface area contributed by atoms with Crippen molar-refractivity contribution < 1.29 is 57.2 Å². The number of hydrogen-bond acceptors (Lipinski definition) is 12. The lowest BCUT2D eigenvalue weighted by Crippen LogP contribution is -2.39. The van der Waals surface area contributed by atoms with E-state index in [0.29, 0.717) is 0 Å². The molecule has 0 amide bonds. The van der Waals surface area contributed by atoms with Gasteiger partial charge >= 0.3 is 35.8 Å². The molecule has 0 bridgehead atoms. The molecule has 0 radical (unpaired) electrons. The zero-order valence-corrected chi connectivity index (χ0v) is 71.6. The van der Waals surface area contributed by atoms with Gasteiger partial charge < -0.3 is 28.4 Å². The van der Waals surface area contributed by atoms with Gasteiger partial charge in [-0.2, -0.15) is 0 Å². The largest absolute Gasteiger partial charge is 0.459 e. The first-order chi connectivity index (χ1) is 47.7. The second-order valence-electron chi connectivity index (χ2n) is 36.7. The lowest BCUT2D eigenvalue weighted by Gasteiger charge is -2.35. The highest BCUT2D eigenvalue weighted by Crippen LogP contribution is 2.42. The number of carbonyl (C=O) groups is 6. The third-order valence-corrected chi connectivity index (χ3v) is 25.6. The summed E-state index contributed by atoms with van der Waals surface area (Å²) in [6, 6.07) is 0. The van der Waals surface area contributed by atoms with Gasteiger partial charge in [-0.1, -0.05) is 261 Å². The highest BCUT2D eigenvalue weighted by molar-refractivity contribution is 5.78. The van der Waals surface area contributed by atoms with Crippen LogP contribution >= 0.6 is 0 Å². The highest BCUT2D eigenvalue weighted by Gasteiger charge is 2.43. The van der Waals surface area contributed by atoms with Gasteiger partial charge in [0.2, 0.25) is 0 Å². The molecule has 0 spiro atoms. The van der Waals surface area contributed by atoms with Gasteiger partial charge in [0.05, 0.1) is 33.0 Å². The Hall–Kier alpha value is -3.18. The zero-order valence-electron chi connectivity index (χ0n) is 71.6. The van der Waals surface area contributed by atoms with Crippen molar-refractivity contribution in [3.63, 3.8) is 0 Å². The SMILES string of the molecule is C.C.C.C.C.C.C.C.C.C.C.C.CCC(C)(C)C(=O)OC1(C)CCCC1.CCC(C)(C)C(=O)OC1(C)CCCCCCCCC1.CCC(C)(C)C(=O)OC1(C)CCCCCCCCCCC1.CCC(C)C(=O)OC1(CC)CCCCCC1.CCC1(OC(=O)C(C)(C)CC)CCCC1.CCC1(OC(=O)C(C)(C)CC)CCCCCC1. The van der Waals surface area contributed by atoms with Gasteiger partial charge in [0, 0.05) is 0 Å². The van der Waals surface area contributed by atoms with E-state index in [0.717, 1.165) is 135 Å². The van der Waals surface area contributed by atoms with Crippen LogP contribution in [0.4, 0.5) is 0 Å². The predicted molar refractivity (Wildman–Crippen MR) is 506 cm³/mol. The first-order valence-corrected chi connectivity index (χ1v) is 43.1. The Morgan fingerprint density at radius 2 is 0.377 bits per heavy atom. The monoisotopic (exact) mass is 1630 g/mol. The van der Waals surface area contributed by atoms with Crippen LogP contribution < -0.4 is 0 Å². The van der Waals surface area contributed by atoms with Crippen molar-refractivity contribution in [2.75, 3.05) is 0 Å². The van der Waals surface area contributed by atoms with Crippen molar-refractivity contribution in [3.05, 3.63) is 0 Å². The van der Waals surface area contributed by atoms with Crippen molar-refractivity contribution in [1.29, 1.82) is 0 Å². The predicted octanol–water partition coefficient (Wildman–Crippen LogP) is 34.4. The summed E-state index contributed by atoms with van der Waals surface area (Å²) in [5.74, 6) is -0.0472. The fourth-order valence-electron chi connectivity index (χ4n) is 14.1. The third-order valence-electron chi connectivity index (χ3n) is 25.6. The van der Waals surface area contributed by atoms with Crippen LogP contribution in [-0.2, 0) is 57.2 Å². The molecule has 0 aromatic heterocycles. The molecule has 0 aromatic carbocycles. The van der Waals surface area contributed by atoms with Crippen LogP contribution in [-0.4, -0.2) is 69.4 Å². The van der Waals surface area contributed by atoms with E-state index >= 15 is 0 Å². The van der Waals surface area contributed by atoms with E-state index in [1.54, 1.807) is 0 Å². The maximum Gasteiger partial charge on any atom is 0.312 e. The standard InChI is InChI=1S/C19H36O2.C17H32O2.C15H28O2.C14H26O2.C13H24O2.C12H22O2.12CH4/c1-5-18(2,3)17(20)21-19(4)15-13-11-9-7-6-8-10-12-14-16-19;1-5-16(2,3)15(18)19-17(4)13-11-9-7-6-8-10-12-14-17;1-5-14(3,4)13(16)17-15(6-2)11-9-7-8-10-12-15;1-4-12(3)13(15)16-14(5-2)10-8-6-7-9-11-14;1-5-12(3,4)11(14)15-13(6-2)9-7-8-10-13;1-5-11(2,3)10(13)14-12(4)8-6-7-9-12;;;;;;;;;;;;/h5-16H2,1-4H3;5-14H2,1-4H3;5-12H2,1-4H3;12H,4-11H2,1-3H3;5-10H2,1-4H3;5-9H2,1-4H3;12*1H4. The molecule has 12 nitrogen and oxygen atoms in total. The lowest BCUT2D eigenvalue weighted by molar-refractivity contribution is -0.173. The van der Waals surface area contributed by atoms with Crippen LogP contribution in [0, 0.1) is 33.0 Å². The van der Waals surface area contributed by atoms with Crippen molar-refractivity contribution in [3.8, 4) is 0 Å². The van der Waals surface area contributed by atoms with Crippen molar-refractivity contribution in [1.82, 2.24) is 0 Å². The summed E-state index contributed by atoms with van der Waals surface area (Å²) in [5.41, 5.74) is -2.80. The van der Waals surface area contributed by atoms with Gasteiger partial charge in [0.25, 0.3) is 0 Å². The minimum absolute atomic E-state index is 0. The van der Waals surface area contributed by atoms with E-state index in [-0.39, 0.29) is 192 Å². The Morgan fingerprint density at radius 3 is 0.544 bits per heavy atom. The second-order valence-corrected chi connectivity index (χ2v) is 36.7. The van der Waals surface area contributed by atoms with E-state index in [9.17, 15) is 28.8 Å². The summed E-state index contributed by atoms with van der Waals surface area (Å²) in [5, 5.41) is 0. The molecule has 6 aliphatic rings. The molecule has 0 aliphatic heterocycles. The van der Waals surface area contributed by atoms with Crippen LogP contribution in [0.2, 0.25) is 0 Å². The topological polar surface area (TPSA) is 158 Å². The van der Waals surface area contributed by atoms with Crippen molar-refractivity contribution in [2.24, 2.45) is 33.0 Å². The summed E-state index contributed by atoms with van der Waals surface area (Å²) in [6.45, 7) is 46.8. The highest BCUT2D eigenvalue weighted by atomic mass is 16.6. The van der Waals surface area contributed by atoms with Crippen LogP contribution in [0.25, 0.3) is 0 Å². The Balaban J connectivity index is -0.000000108. The smallest absolute Gasteiger partial charge is 0.312 e. The molecular weight excluding hydrogens is 1420 g/mol. The molecule has 6 saturated carbocycles. The summed E-state index contributed by atoms with van der Waals surface area (Å²) in [4.78, 5) is 72.7. The molecule has 0 heterocycles. The normalized spacial score (nSPS) is 19.1. The number of rotatable bonds is 21. The van der Waals surface area contributed by atoms with E-state index in [2.05, 4.69) is 55.4 Å². The Kier molecular flexibility index (Phi) is 81.0. The lowest BCUT2D eigenvalue weighted by atomic mass is 9.87. The fourth-order valence-corrected chi connectivity index (χ4v) is 14.1. The molecule has 0 saturated heterocycles. The van der Waals surface area contributed by atoms with Crippen LogP contribution in [0.15, 0.2) is 0 Å². The molecule has 114 heavy (non-hydrogen) atoms. The minimum Gasteiger partial charge on any atom is -0.459 e. The molecule has 6 rings (SSSR count). The van der Waals surface area contributed by atoms with E-state index < -0.39 is 0 Å². The number of carbonyl (C=O) groups excluding carboxylic acids is 6. The van der Waals surface area contributed by atoms with Crippen LogP contribution in [0.5, 0.6) is 0 Å². The van der Waals surface area contributed by atoms with Gasteiger partial charge in [-0.25, -0.2) is 0 Å². The molecular formula is C102H216O12. The summed E-state index contributed by atoms with van der Waals surface area (Å²) in [6.07, 6.45) is 56.0. The molecule has 1 unspecified atom stereocenters. The Labute approximate surface area is 718 Å². The first kappa shape index (κ1) is 137. The molecule has 6 fully saturated rings. The van der Waals surface area contributed by atoms with E-state index in [4.69, 9.17) is 28.4 Å². The average molecular weight is 1630 g/mol. The fraction of sp³-hybridized carbons (Fsp3) is 0.941. The van der Waals surface area contributed by atoms with Gasteiger partial charge in [-0.3, -0.25) is 28.8 Å². The Bertz CT molecular complexity index is 2290. The van der Waals surface area contributed by atoms with Gasteiger partial charge in [0.1, 0.15) is 33.6 Å². The van der Waals surface area contributed by atoms with Crippen LogP contribution in [0.1, 0.15) is 563 Å². The van der Waals surface area contributed by atoms with Gasteiger partial charge in [-0.05, 0) is 302 Å². The summed E-state index contributed by atoms with van der Waals surface area (Å²) < 4.78 is 35.1. The maximum absolute atomic E-state index is 12.4. The molecule has 12 heteroatoms. The summed E-state index contributed by atoms with van der Waals surface area (Å²) >= 11 is 0. The molecule has 6 aliphatic carbocycles. The van der Waals surface area contributed by atoms with Gasteiger partial charge in [0.15, 0.2) is 0 Å². The molecule has 1 atom stereocenters. The quantitative estimate of drug-likeness (QED) is 0.0609. The third kappa shape index (κ3) is 51.4. The second kappa shape index (κ2) is 67.5. The maximum atomic E-state index is 12.4. The zero-order chi connectivity index (χ0) is 77.4. The first-order valence-electron chi connectivity index (χ1n) is 43.1. The number of esters is 6. The van der Waals surface area contributed by atoms with Crippen molar-refractivity contribution >= 4 is 35.8 Å².